The van der Waals surface area contributed by atoms with Gasteiger partial charge in [-0.1, -0.05) is 18.2 Å². The Bertz CT molecular complexity index is 686. The summed E-state index contributed by atoms with van der Waals surface area (Å²) in [5.41, 5.74) is 1.11. The normalized spacial score (nSPS) is 20.6. The van der Waals surface area contributed by atoms with Gasteiger partial charge in [0.2, 0.25) is 11.8 Å². The lowest BCUT2D eigenvalue weighted by Gasteiger charge is -2.38. The second-order valence-electron chi connectivity index (χ2n) is 8.31. The van der Waals surface area contributed by atoms with Gasteiger partial charge in [-0.05, 0) is 51.2 Å². The monoisotopic (exact) mass is 401 g/mol. The number of likely N-dealkylation sites (tertiary alicyclic amines) is 1. The molecule has 1 aromatic rings. The highest BCUT2D eigenvalue weighted by Crippen LogP contribution is 2.18. The molecule has 0 spiro atoms. The Kier molecular flexibility index (Phi) is 7.92. The van der Waals surface area contributed by atoms with Crippen LogP contribution in [0, 0.1) is 6.92 Å². The van der Waals surface area contributed by atoms with Crippen molar-refractivity contribution in [1.29, 1.82) is 0 Å². The van der Waals surface area contributed by atoms with Gasteiger partial charge in [-0.25, -0.2) is 0 Å². The molecular weight excluding hydrogens is 366 g/mol. The van der Waals surface area contributed by atoms with E-state index in [4.69, 9.17) is 4.74 Å². The third kappa shape index (κ3) is 6.20. The summed E-state index contributed by atoms with van der Waals surface area (Å²) >= 11 is 0. The number of benzene rings is 1. The van der Waals surface area contributed by atoms with E-state index in [2.05, 4.69) is 11.8 Å². The summed E-state index contributed by atoms with van der Waals surface area (Å²) in [6.07, 6.45) is 4.68. The van der Waals surface area contributed by atoms with Crippen molar-refractivity contribution in [3.63, 3.8) is 0 Å². The Balaban J connectivity index is 1.33. The molecule has 1 atom stereocenters. The van der Waals surface area contributed by atoms with Crippen LogP contribution in [0.3, 0.4) is 0 Å². The molecule has 2 saturated heterocycles. The van der Waals surface area contributed by atoms with Crippen LogP contribution in [-0.4, -0.2) is 78.4 Å². The topological polar surface area (TPSA) is 53.1 Å². The highest BCUT2D eigenvalue weighted by atomic mass is 16.5. The number of carbonyl (C=O) groups excluding carboxylic acids is 2. The van der Waals surface area contributed by atoms with E-state index in [1.165, 1.54) is 6.42 Å². The van der Waals surface area contributed by atoms with Gasteiger partial charge in [-0.15, -0.1) is 0 Å². The first kappa shape index (κ1) is 21.6. The SMILES string of the molecule is Cc1ccccc1OCCCC(=O)N1CCN(CC(=O)N2CCCC[C@@H]2C)CC1. The van der Waals surface area contributed by atoms with Crippen LogP contribution in [0.25, 0.3) is 0 Å². The summed E-state index contributed by atoms with van der Waals surface area (Å²) in [7, 11) is 0. The van der Waals surface area contributed by atoms with Crippen molar-refractivity contribution in [2.45, 2.75) is 52.0 Å². The van der Waals surface area contributed by atoms with Crippen LogP contribution in [0.4, 0.5) is 0 Å². The molecule has 0 unspecified atom stereocenters. The summed E-state index contributed by atoms with van der Waals surface area (Å²) in [5, 5.41) is 0. The van der Waals surface area contributed by atoms with Crippen LogP contribution < -0.4 is 4.74 Å². The molecule has 0 N–H and O–H groups in total. The number of piperidine rings is 1. The van der Waals surface area contributed by atoms with Crippen LogP contribution in [0.2, 0.25) is 0 Å². The van der Waals surface area contributed by atoms with Crippen LogP contribution in [0.5, 0.6) is 5.75 Å². The molecule has 6 heteroatoms. The highest BCUT2D eigenvalue weighted by Gasteiger charge is 2.27. The Morgan fingerprint density at radius 2 is 1.79 bits per heavy atom. The van der Waals surface area contributed by atoms with Gasteiger partial charge in [0.1, 0.15) is 5.75 Å². The van der Waals surface area contributed by atoms with E-state index in [0.717, 1.165) is 50.2 Å². The van der Waals surface area contributed by atoms with Gasteiger partial charge in [-0.2, -0.15) is 0 Å². The Hall–Kier alpha value is -2.08. The molecule has 29 heavy (non-hydrogen) atoms. The number of ether oxygens (including phenoxy) is 1. The first-order valence-corrected chi connectivity index (χ1v) is 11.0. The van der Waals surface area contributed by atoms with Crippen molar-refractivity contribution in [2.75, 3.05) is 45.9 Å². The average Bonchev–Trinajstić information content (AvgIpc) is 2.73. The lowest BCUT2D eigenvalue weighted by Crippen LogP contribution is -2.53. The van der Waals surface area contributed by atoms with E-state index in [-0.39, 0.29) is 11.8 Å². The summed E-state index contributed by atoms with van der Waals surface area (Å²) in [6.45, 7) is 9.07. The number of piperazine rings is 1. The van der Waals surface area contributed by atoms with Gasteiger partial charge in [-0.3, -0.25) is 14.5 Å². The van der Waals surface area contributed by atoms with Gasteiger partial charge in [0.25, 0.3) is 0 Å². The van der Waals surface area contributed by atoms with Gasteiger partial charge in [0.05, 0.1) is 13.2 Å². The molecule has 0 radical (unpaired) electrons. The number of para-hydroxylation sites is 1. The van der Waals surface area contributed by atoms with E-state index in [1.54, 1.807) is 0 Å². The first-order valence-electron chi connectivity index (χ1n) is 11.0. The number of carbonyl (C=O) groups is 2. The fourth-order valence-corrected chi connectivity index (χ4v) is 4.19. The third-order valence-electron chi connectivity index (χ3n) is 6.09. The molecular formula is C23H35N3O3. The van der Waals surface area contributed by atoms with Crippen LogP contribution in [0.15, 0.2) is 24.3 Å². The van der Waals surface area contributed by atoms with E-state index in [0.29, 0.717) is 38.7 Å². The maximum Gasteiger partial charge on any atom is 0.236 e. The van der Waals surface area contributed by atoms with Crippen LogP contribution >= 0.6 is 0 Å². The fourth-order valence-electron chi connectivity index (χ4n) is 4.19. The summed E-state index contributed by atoms with van der Waals surface area (Å²) in [5.74, 6) is 1.32. The van der Waals surface area contributed by atoms with Crippen molar-refractivity contribution in [3.8, 4) is 5.75 Å². The summed E-state index contributed by atoms with van der Waals surface area (Å²) in [6, 6.07) is 8.30. The second-order valence-corrected chi connectivity index (χ2v) is 8.31. The molecule has 6 nitrogen and oxygen atoms in total. The molecule has 0 bridgehead atoms. The van der Waals surface area contributed by atoms with E-state index in [9.17, 15) is 9.59 Å². The van der Waals surface area contributed by atoms with Crippen molar-refractivity contribution < 1.29 is 14.3 Å². The van der Waals surface area contributed by atoms with Gasteiger partial charge in [0.15, 0.2) is 0 Å². The number of aryl methyl sites for hydroxylation is 1. The minimum Gasteiger partial charge on any atom is -0.493 e. The van der Waals surface area contributed by atoms with Gasteiger partial charge < -0.3 is 14.5 Å². The van der Waals surface area contributed by atoms with Crippen LogP contribution in [0.1, 0.15) is 44.6 Å². The quantitative estimate of drug-likeness (QED) is 0.659. The minimum absolute atomic E-state index is 0.189. The molecule has 2 amide bonds. The molecule has 2 aliphatic heterocycles. The van der Waals surface area contributed by atoms with Crippen molar-refractivity contribution in [1.82, 2.24) is 14.7 Å². The maximum absolute atomic E-state index is 12.6. The zero-order valence-corrected chi connectivity index (χ0v) is 17.9. The minimum atomic E-state index is 0.189. The number of hydrogen-bond donors (Lipinski definition) is 0. The molecule has 0 saturated carbocycles. The molecule has 2 heterocycles. The number of rotatable bonds is 7. The molecule has 2 fully saturated rings. The zero-order valence-electron chi connectivity index (χ0n) is 17.9. The first-order chi connectivity index (χ1) is 14.0. The van der Waals surface area contributed by atoms with E-state index >= 15 is 0 Å². The number of nitrogens with zero attached hydrogens (tertiary/aromatic N) is 3. The number of hydrogen-bond acceptors (Lipinski definition) is 4. The fraction of sp³-hybridized carbons (Fsp3) is 0.652. The van der Waals surface area contributed by atoms with Crippen LogP contribution in [-0.2, 0) is 9.59 Å². The van der Waals surface area contributed by atoms with Gasteiger partial charge >= 0.3 is 0 Å². The Morgan fingerprint density at radius 1 is 1.03 bits per heavy atom. The average molecular weight is 402 g/mol. The van der Waals surface area contributed by atoms with Crippen molar-refractivity contribution in [3.05, 3.63) is 29.8 Å². The molecule has 0 aliphatic carbocycles. The lowest BCUT2D eigenvalue weighted by molar-refractivity contribution is -0.137. The number of amides is 2. The molecule has 160 valence electrons. The Morgan fingerprint density at radius 3 is 2.52 bits per heavy atom. The van der Waals surface area contributed by atoms with Gasteiger partial charge in [0, 0.05) is 45.2 Å². The predicted molar refractivity (Wildman–Crippen MR) is 114 cm³/mol. The maximum atomic E-state index is 12.6. The van der Waals surface area contributed by atoms with E-state index < -0.39 is 0 Å². The predicted octanol–water partition coefficient (Wildman–Crippen LogP) is 2.70. The standard InChI is InChI=1S/C23H35N3O3/c1-19-8-3-4-10-21(19)29-17-7-11-22(27)25-15-13-24(14-16-25)18-23(28)26-12-6-5-9-20(26)2/h3-4,8,10,20H,5-7,9,11-18H2,1-2H3/t20-/m0/s1. The zero-order chi connectivity index (χ0) is 20.6. The van der Waals surface area contributed by atoms with E-state index in [1.807, 2.05) is 41.0 Å². The highest BCUT2D eigenvalue weighted by molar-refractivity contribution is 5.79. The largest absolute Gasteiger partial charge is 0.493 e. The van der Waals surface area contributed by atoms with Crippen molar-refractivity contribution in [2.24, 2.45) is 0 Å². The molecule has 0 aromatic heterocycles. The molecule has 2 aliphatic rings. The van der Waals surface area contributed by atoms with Crippen molar-refractivity contribution >= 4 is 11.8 Å². The summed E-state index contributed by atoms with van der Waals surface area (Å²) in [4.78, 5) is 31.2. The Labute approximate surface area is 174 Å². The third-order valence-corrected chi connectivity index (χ3v) is 6.09. The molecule has 1 aromatic carbocycles. The molecule has 3 rings (SSSR count). The second kappa shape index (κ2) is 10.6. The summed E-state index contributed by atoms with van der Waals surface area (Å²) < 4.78 is 5.78. The smallest absolute Gasteiger partial charge is 0.236 e. The lowest BCUT2D eigenvalue weighted by atomic mass is 10.0.